The average molecular weight is 364 g/mol. The lowest BCUT2D eigenvalue weighted by atomic mass is 10.1. The van der Waals surface area contributed by atoms with E-state index in [1.165, 1.54) is 12.1 Å². The zero-order chi connectivity index (χ0) is 17.5. The topological polar surface area (TPSA) is 70.6 Å². The molecule has 2 aromatic carbocycles. The van der Waals surface area contributed by atoms with Gasteiger partial charge in [-0.3, -0.25) is 9.59 Å². The molecule has 0 saturated heterocycles. The Kier molecular flexibility index (Phi) is 6.35. The third-order valence-corrected chi connectivity index (χ3v) is 3.67. The maximum atomic E-state index is 12.0. The summed E-state index contributed by atoms with van der Waals surface area (Å²) >= 11 is 11.7. The first-order valence-electron chi connectivity index (χ1n) is 7.09. The number of nitrogens with one attached hydrogen (secondary N) is 2. The molecule has 0 bridgehead atoms. The SMILES string of the molecule is C/C(=N\NC(=O)CNC(=O)c1ccc(Cl)cc1Cl)c1ccccc1. The number of rotatable bonds is 5. The van der Waals surface area contributed by atoms with Crippen molar-refractivity contribution in [3.63, 3.8) is 0 Å². The van der Waals surface area contributed by atoms with E-state index in [2.05, 4.69) is 15.8 Å². The molecule has 0 aliphatic rings. The molecule has 2 aromatic rings. The molecular formula is C17H15Cl2N3O2. The zero-order valence-corrected chi connectivity index (χ0v) is 14.4. The van der Waals surface area contributed by atoms with Crippen LogP contribution in [0.5, 0.6) is 0 Å². The minimum atomic E-state index is -0.462. The molecule has 0 unspecified atom stereocenters. The fourth-order valence-corrected chi connectivity index (χ4v) is 2.35. The van der Waals surface area contributed by atoms with Crippen LogP contribution in [-0.2, 0) is 4.79 Å². The number of amides is 2. The van der Waals surface area contributed by atoms with Crippen LogP contribution in [-0.4, -0.2) is 24.1 Å². The fourth-order valence-electron chi connectivity index (χ4n) is 1.86. The summed E-state index contributed by atoms with van der Waals surface area (Å²) < 4.78 is 0. The quantitative estimate of drug-likeness (QED) is 0.632. The Morgan fingerprint density at radius 2 is 1.79 bits per heavy atom. The van der Waals surface area contributed by atoms with Crippen LogP contribution in [0.25, 0.3) is 0 Å². The number of hydrogen-bond donors (Lipinski definition) is 2. The fraction of sp³-hybridized carbons (Fsp3) is 0.118. The van der Waals surface area contributed by atoms with Gasteiger partial charge in [0, 0.05) is 5.02 Å². The van der Waals surface area contributed by atoms with Crippen molar-refractivity contribution in [2.45, 2.75) is 6.92 Å². The van der Waals surface area contributed by atoms with Crippen LogP contribution in [0.2, 0.25) is 10.0 Å². The molecule has 2 amide bonds. The van der Waals surface area contributed by atoms with Gasteiger partial charge in [-0.1, -0.05) is 53.5 Å². The number of hydrazone groups is 1. The van der Waals surface area contributed by atoms with E-state index in [0.29, 0.717) is 10.7 Å². The molecule has 7 heteroatoms. The molecular weight excluding hydrogens is 349 g/mol. The van der Waals surface area contributed by atoms with Crippen molar-refractivity contribution in [3.8, 4) is 0 Å². The van der Waals surface area contributed by atoms with Gasteiger partial charge in [-0.15, -0.1) is 0 Å². The minimum absolute atomic E-state index is 0.219. The predicted octanol–water partition coefficient (Wildman–Crippen LogP) is 3.26. The Labute approximate surface area is 149 Å². The summed E-state index contributed by atoms with van der Waals surface area (Å²) in [5.41, 5.74) is 4.20. The Morgan fingerprint density at radius 3 is 2.46 bits per heavy atom. The van der Waals surface area contributed by atoms with Gasteiger partial charge in [0.1, 0.15) is 0 Å². The van der Waals surface area contributed by atoms with Crippen molar-refractivity contribution >= 4 is 40.7 Å². The van der Waals surface area contributed by atoms with Crippen molar-refractivity contribution in [1.82, 2.24) is 10.7 Å². The van der Waals surface area contributed by atoms with Gasteiger partial charge in [-0.25, -0.2) is 5.43 Å². The van der Waals surface area contributed by atoms with E-state index in [4.69, 9.17) is 23.2 Å². The molecule has 0 aliphatic carbocycles. The summed E-state index contributed by atoms with van der Waals surface area (Å²) in [6.45, 7) is 1.56. The van der Waals surface area contributed by atoms with Crippen LogP contribution in [0.15, 0.2) is 53.6 Å². The minimum Gasteiger partial charge on any atom is -0.343 e. The van der Waals surface area contributed by atoms with Crippen molar-refractivity contribution < 1.29 is 9.59 Å². The van der Waals surface area contributed by atoms with Gasteiger partial charge in [0.05, 0.1) is 22.8 Å². The van der Waals surface area contributed by atoms with Crippen LogP contribution in [0, 0.1) is 0 Å². The Balaban J connectivity index is 1.88. The summed E-state index contributed by atoms with van der Waals surface area (Å²) in [4.78, 5) is 23.8. The third-order valence-electron chi connectivity index (χ3n) is 3.13. The van der Waals surface area contributed by atoms with E-state index in [1.54, 1.807) is 13.0 Å². The van der Waals surface area contributed by atoms with E-state index in [0.717, 1.165) is 5.56 Å². The highest BCUT2D eigenvalue weighted by Gasteiger charge is 2.11. The number of carbonyl (C=O) groups is 2. The highest BCUT2D eigenvalue weighted by Crippen LogP contribution is 2.20. The number of benzene rings is 2. The van der Waals surface area contributed by atoms with Gasteiger partial charge in [0.25, 0.3) is 11.8 Å². The van der Waals surface area contributed by atoms with Crippen LogP contribution >= 0.6 is 23.2 Å². The normalized spacial score (nSPS) is 11.0. The van der Waals surface area contributed by atoms with E-state index in [-0.39, 0.29) is 17.1 Å². The number of hydrogen-bond acceptors (Lipinski definition) is 3. The van der Waals surface area contributed by atoms with Crippen LogP contribution in [0.1, 0.15) is 22.8 Å². The summed E-state index contributed by atoms with van der Waals surface area (Å²) in [6, 6.07) is 13.9. The molecule has 0 atom stereocenters. The van der Waals surface area contributed by atoms with Crippen LogP contribution < -0.4 is 10.7 Å². The van der Waals surface area contributed by atoms with Crippen molar-refractivity contribution in [2.75, 3.05) is 6.54 Å². The van der Waals surface area contributed by atoms with E-state index in [1.807, 2.05) is 30.3 Å². The van der Waals surface area contributed by atoms with E-state index >= 15 is 0 Å². The van der Waals surface area contributed by atoms with Gasteiger partial charge in [-0.2, -0.15) is 5.10 Å². The largest absolute Gasteiger partial charge is 0.343 e. The van der Waals surface area contributed by atoms with Gasteiger partial charge in [0.2, 0.25) is 0 Å². The first-order valence-corrected chi connectivity index (χ1v) is 7.85. The molecule has 0 radical (unpaired) electrons. The lowest BCUT2D eigenvalue weighted by molar-refractivity contribution is -0.120. The highest BCUT2D eigenvalue weighted by molar-refractivity contribution is 6.36. The Bertz CT molecular complexity index is 777. The molecule has 0 fully saturated rings. The van der Waals surface area contributed by atoms with Crippen LogP contribution in [0.3, 0.4) is 0 Å². The molecule has 0 heterocycles. The average Bonchev–Trinajstić information content (AvgIpc) is 2.58. The van der Waals surface area contributed by atoms with E-state index < -0.39 is 11.8 Å². The maximum absolute atomic E-state index is 12.0. The molecule has 2 rings (SSSR count). The molecule has 24 heavy (non-hydrogen) atoms. The van der Waals surface area contributed by atoms with Crippen molar-refractivity contribution in [1.29, 1.82) is 0 Å². The van der Waals surface area contributed by atoms with Crippen molar-refractivity contribution in [3.05, 3.63) is 69.7 Å². The Hall–Kier alpha value is -2.37. The number of halogens is 2. The van der Waals surface area contributed by atoms with Gasteiger partial charge in [0.15, 0.2) is 0 Å². The first kappa shape index (κ1) is 18.0. The molecule has 0 saturated carbocycles. The lowest BCUT2D eigenvalue weighted by Crippen LogP contribution is -2.35. The first-order chi connectivity index (χ1) is 11.5. The van der Waals surface area contributed by atoms with Crippen LogP contribution in [0.4, 0.5) is 0 Å². The van der Waals surface area contributed by atoms with Gasteiger partial charge < -0.3 is 5.32 Å². The van der Waals surface area contributed by atoms with Gasteiger partial charge >= 0.3 is 0 Å². The molecule has 0 aliphatic heterocycles. The monoisotopic (exact) mass is 363 g/mol. The smallest absolute Gasteiger partial charge is 0.259 e. The highest BCUT2D eigenvalue weighted by atomic mass is 35.5. The molecule has 124 valence electrons. The Morgan fingerprint density at radius 1 is 1.08 bits per heavy atom. The lowest BCUT2D eigenvalue weighted by Gasteiger charge is -2.07. The third kappa shape index (κ3) is 5.08. The second kappa shape index (κ2) is 8.47. The second-order valence-electron chi connectivity index (χ2n) is 4.91. The summed E-state index contributed by atoms with van der Waals surface area (Å²) in [5.74, 6) is -0.903. The molecule has 0 aromatic heterocycles. The standard InChI is InChI=1S/C17H15Cl2N3O2/c1-11(12-5-3-2-4-6-12)21-22-16(23)10-20-17(24)14-8-7-13(18)9-15(14)19/h2-9H,10H2,1H3,(H,20,24)(H,22,23)/b21-11+. The second-order valence-corrected chi connectivity index (χ2v) is 5.75. The molecule has 2 N–H and O–H groups in total. The van der Waals surface area contributed by atoms with Crippen molar-refractivity contribution in [2.24, 2.45) is 5.10 Å². The zero-order valence-electron chi connectivity index (χ0n) is 12.8. The summed E-state index contributed by atoms with van der Waals surface area (Å²) in [5, 5.41) is 7.12. The van der Waals surface area contributed by atoms with Gasteiger partial charge in [-0.05, 0) is 30.7 Å². The molecule has 0 spiro atoms. The summed E-state index contributed by atoms with van der Waals surface area (Å²) in [7, 11) is 0. The summed E-state index contributed by atoms with van der Waals surface area (Å²) in [6.07, 6.45) is 0. The molecule has 5 nitrogen and oxygen atoms in total. The number of carbonyl (C=O) groups excluding carboxylic acids is 2. The number of nitrogens with zero attached hydrogens (tertiary/aromatic N) is 1. The van der Waals surface area contributed by atoms with E-state index in [9.17, 15) is 9.59 Å². The predicted molar refractivity (Wildman–Crippen MR) is 95.6 cm³/mol. The maximum Gasteiger partial charge on any atom is 0.259 e.